The van der Waals surface area contributed by atoms with Crippen LogP contribution < -0.4 is 5.32 Å². The minimum atomic E-state index is -1.01. The lowest BCUT2D eigenvalue weighted by molar-refractivity contribution is -0.147. The minimum Gasteiger partial charge on any atom is -0.444 e. The summed E-state index contributed by atoms with van der Waals surface area (Å²) >= 11 is 0. The predicted octanol–water partition coefficient (Wildman–Crippen LogP) is 1.19. The number of carbonyl (C=O) groups is 1. The molecule has 84 valence electrons. The van der Waals surface area contributed by atoms with E-state index in [4.69, 9.17) is 4.74 Å². The van der Waals surface area contributed by atoms with Gasteiger partial charge in [0.15, 0.2) is 6.23 Å². The number of rotatable bonds is 5. The van der Waals surface area contributed by atoms with Crippen molar-refractivity contribution >= 4 is 18.4 Å². The highest BCUT2D eigenvalue weighted by molar-refractivity contribution is 5.85. The fourth-order valence-corrected chi connectivity index (χ4v) is 0.792. The van der Waals surface area contributed by atoms with Crippen LogP contribution in [0.3, 0.4) is 0 Å². The Morgan fingerprint density at radius 3 is 2.64 bits per heavy atom. The molecule has 4 nitrogen and oxygen atoms in total. The molecule has 0 fully saturated rings. The van der Waals surface area contributed by atoms with Crippen molar-refractivity contribution in [1.82, 2.24) is 5.32 Å². The van der Waals surface area contributed by atoms with Gasteiger partial charge < -0.3 is 9.84 Å². The molecule has 0 rings (SSSR count). The first-order valence-electron chi connectivity index (χ1n) is 4.24. The summed E-state index contributed by atoms with van der Waals surface area (Å²) in [6, 6.07) is 0. The van der Waals surface area contributed by atoms with Crippen LogP contribution in [0.4, 0.5) is 0 Å². The zero-order chi connectivity index (χ0) is 10.5. The number of ether oxygens (including phenoxy) is 1. The highest BCUT2D eigenvalue weighted by Crippen LogP contribution is 2.05. The van der Waals surface area contributed by atoms with Crippen LogP contribution in [0.25, 0.3) is 0 Å². The molecule has 0 saturated carbocycles. The molecular weight excluding hydrogens is 206 g/mol. The lowest BCUT2D eigenvalue weighted by atomic mass is 10.2. The van der Waals surface area contributed by atoms with Gasteiger partial charge in [-0.25, -0.2) is 4.79 Å². The predicted molar refractivity (Wildman–Crippen MR) is 57.0 cm³/mol. The molecule has 0 heterocycles. The first kappa shape index (κ1) is 15.9. The normalized spacial score (nSPS) is 16.0. The van der Waals surface area contributed by atoms with E-state index in [2.05, 4.69) is 11.9 Å². The van der Waals surface area contributed by atoms with Crippen molar-refractivity contribution in [2.24, 2.45) is 0 Å². The molecule has 0 aromatic carbocycles. The van der Waals surface area contributed by atoms with Crippen LogP contribution in [0, 0.1) is 0 Å². The largest absolute Gasteiger partial charge is 0.444 e. The molecule has 0 saturated heterocycles. The third-order valence-electron chi connectivity index (χ3n) is 1.66. The first-order valence-corrected chi connectivity index (χ1v) is 4.24. The van der Waals surface area contributed by atoms with Gasteiger partial charge in [-0.3, -0.25) is 5.32 Å². The van der Waals surface area contributed by atoms with E-state index in [9.17, 15) is 9.90 Å². The standard InChI is InChI=1S/C9H17NO3.ClH/c1-5-8(11)13-7(3)10-9(4,12)6-2;/h5,7,10,12H,1,6H2,2-4H3;1H. The zero-order valence-electron chi connectivity index (χ0n) is 8.74. The molecule has 0 aliphatic rings. The lowest BCUT2D eigenvalue weighted by Crippen LogP contribution is -2.48. The van der Waals surface area contributed by atoms with E-state index >= 15 is 0 Å². The van der Waals surface area contributed by atoms with Crippen LogP contribution in [-0.4, -0.2) is 23.0 Å². The third-order valence-corrected chi connectivity index (χ3v) is 1.66. The Kier molecular flexibility index (Phi) is 7.72. The molecule has 0 spiro atoms. The van der Waals surface area contributed by atoms with Crippen LogP contribution in [0.1, 0.15) is 27.2 Å². The number of nitrogens with one attached hydrogen (secondary N) is 1. The number of halogens is 1. The summed E-state index contributed by atoms with van der Waals surface area (Å²) in [7, 11) is 0. The number of hydrogen-bond donors (Lipinski definition) is 2. The number of hydrogen-bond acceptors (Lipinski definition) is 4. The Labute approximate surface area is 90.7 Å². The summed E-state index contributed by atoms with van der Waals surface area (Å²) in [5.74, 6) is -0.507. The molecule has 0 bridgehead atoms. The third kappa shape index (κ3) is 6.88. The van der Waals surface area contributed by atoms with Crippen molar-refractivity contribution in [2.75, 3.05) is 0 Å². The summed E-state index contributed by atoms with van der Waals surface area (Å²) in [4.78, 5) is 10.7. The molecule has 0 aromatic heterocycles. The van der Waals surface area contributed by atoms with E-state index in [-0.39, 0.29) is 12.4 Å². The molecule has 0 radical (unpaired) electrons. The molecule has 5 heteroatoms. The zero-order valence-corrected chi connectivity index (χ0v) is 9.56. The quantitative estimate of drug-likeness (QED) is 0.418. The fourth-order valence-electron chi connectivity index (χ4n) is 0.792. The van der Waals surface area contributed by atoms with Crippen molar-refractivity contribution < 1.29 is 14.6 Å². The molecule has 0 aliphatic carbocycles. The van der Waals surface area contributed by atoms with Crippen LogP contribution in [0.15, 0.2) is 12.7 Å². The molecule has 0 amide bonds. The average Bonchev–Trinajstić information content (AvgIpc) is 2.03. The van der Waals surface area contributed by atoms with Crippen LogP contribution in [-0.2, 0) is 9.53 Å². The van der Waals surface area contributed by atoms with Crippen molar-refractivity contribution in [3.8, 4) is 0 Å². The second kappa shape index (κ2) is 6.81. The summed E-state index contributed by atoms with van der Waals surface area (Å²) < 4.78 is 4.81. The first-order chi connectivity index (χ1) is 5.91. The fraction of sp³-hybridized carbons (Fsp3) is 0.667. The summed E-state index contributed by atoms with van der Waals surface area (Å²) in [5, 5.41) is 12.3. The van der Waals surface area contributed by atoms with Crippen LogP contribution in [0.5, 0.6) is 0 Å². The van der Waals surface area contributed by atoms with Gasteiger partial charge in [0.05, 0.1) is 0 Å². The molecule has 2 unspecified atom stereocenters. The van der Waals surface area contributed by atoms with Gasteiger partial charge in [-0.15, -0.1) is 12.4 Å². The minimum absolute atomic E-state index is 0. The molecule has 0 aliphatic heterocycles. The van der Waals surface area contributed by atoms with Crippen LogP contribution in [0.2, 0.25) is 0 Å². The maximum atomic E-state index is 10.7. The highest BCUT2D eigenvalue weighted by Gasteiger charge is 2.20. The number of esters is 1. The van der Waals surface area contributed by atoms with Gasteiger partial charge in [0.1, 0.15) is 5.72 Å². The topological polar surface area (TPSA) is 58.6 Å². The Hall–Kier alpha value is -0.580. The van der Waals surface area contributed by atoms with E-state index in [1.807, 2.05) is 6.92 Å². The maximum Gasteiger partial charge on any atom is 0.331 e. The van der Waals surface area contributed by atoms with Gasteiger partial charge >= 0.3 is 5.97 Å². The van der Waals surface area contributed by atoms with Crippen molar-refractivity contribution in [3.05, 3.63) is 12.7 Å². The van der Waals surface area contributed by atoms with Gasteiger partial charge in [0.25, 0.3) is 0 Å². The summed E-state index contributed by atoms with van der Waals surface area (Å²) in [5.41, 5.74) is -1.01. The summed E-state index contributed by atoms with van der Waals surface area (Å²) in [6.07, 6.45) is 1.09. The van der Waals surface area contributed by atoms with Crippen molar-refractivity contribution in [3.63, 3.8) is 0 Å². The van der Waals surface area contributed by atoms with E-state index in [0.717, 1.165) is 6.08 Å². The molecule has 14 heavy (non-hydrogen) atoms. The molecule has 0 aromatic rings. The Bertz CT molecular complexity index is 194. The number of aliphatic hydroxyl groups is 1. The van der Waals surface area contributed by atoms with Crippen molar-refractivity contribution in [1.29, 1.82) is 0 Å². The molecule has 2 atom stereocenters. The SMILES string of the molecule is C=CC(=O)OC(C)NC(C)(O)CC.Cl. The van der Waals surface area contributed by atoms with Gasteiger partial charge in [0, 0.05) is 6.08 Å². The van der Waals surface area contributed by atoms with E-state index in [1.165, 1.54) is 0 Å². The second-order valence-electron chi connectivity index (χ2n) is 3.05. The second-order valence-corrected chi connectivity index (χ2v) is 3.05. The smallest absolute Gasteiger partial charge is 0.331 e. The van der Waals surface area contributed by atoms with E-state index < -0.39 is 17.9 Å². The monoisotopic (exact) mass is 223 g/mol. The maximum absolute atomic E-state index is 10.7. The molecule has 2 N–H and O–H groups in total. The highest BCUT2D eigenvalue weighted by atomic mass is 35.5. The van der Waals surface area contributed by atoms with Crippen molar-refractivity contribution in [2.45, 2.75) is 39.1 Å². The van der Waals surface area contributed by atoms with E-state index in [1.54, 1.807) is 13.8 Å². The Morgan fingerprint density at radius 1 is 1.79 bits per heavy atom. The van der Waals surface area contributed by atoms with Gasteiger partial charge in [-0.1, -0.05) is 13.5 Å². The lowest BCUT2D eigenvalue weighted by Gasteiger charge is -2.26. The van der Waals surface area contributed by atoms with Gasteiger partial charge in [-0.05, 0) is 20.3 Å². The van der Waals surface area contributed by atoms with Gasteiger partial charge in [0.2, 0.25) is 0 Å². The van der Waals surface area contributed by atoms with Gasteiger partial charge in [-0.2, -0.15) is 0 Å². The van der Waals surface area contributed by atoms with Crippen LogP contribution >= 0.6 is 12.4 Å². The Morgan fingerprint density at radius 2 is 2.29 bits per heavy atom. The number of carbonyl (C=O) groups excluding carboxylic acids is 1. The summed E-state index contributed by atoms with van der Waals surface area (Å²) in [6.45, 7) is 8.35. The van der Waals surface area contributed by atoms with E-state index in [0.29, 0.717) is 6.42 Å². The Balaban J connectivity index is 0. The molecular formula is C9H18ClNO3. The average molecular weight is 224 g/mol.